The van der Waals surface area contributed by atoms with Crippen LogP contribution in [0.25, 0.3) is 0 Å². The molecule has 0 aliphatic heterocycles. The summed E-state index contributed by atoms with van der Waals surface area (Å²) in [6.07, 6.45) is 0. The van der Waals surface area contributed by atoms with Crippen LogP contribution in [0.1, 0.15) is 26.3 Å². The van der Waals surface area contributed by atoms with E-state index in [1.165, 1.54) is 12.1 Å². The molecule has 96 valence electrons. The van der Waals surface area contributed by atoms with E-state index in [2.05, 4.69) is 15.9 Å². The van der Waals surface area contributed by atoms with Crippen LogP contribution < -0.4 is 4.74 Å². The molecule has 1 aromatic carbocycles. The second-order valence-electron chi connectivity index (χ2n) is 4.69. The van der Waals surface area contributed by atoms with Gasteiger partial charge in [0.05, 0.1) is 12.2 Å². The minimum Gasteiger partial charge on any atom is -0.491 e. The molecule has 17 heavy (non-hydrogen) atoms. The number of halogens is 2. The number of benzene rings is 1. The molecule has 2 nitrogen and oxygen atoms in total. The van der Waals surface area contributed by atoms with Crippen molar-refractivity contribution in [2.45, 2.75) is 31.7 Å². The number of alkyl halides is 1. The zero-order valence-corrected chi connectivity index (χ0v) is 12.0. The Balaban J connectivity index is 2.46. The number of ether oxygens (including phenoxy) is 2. The van der Waals surface area contributed by atoms with Crippen LogP contribution >= 0.6 is 15.9 Å². The van der Waals surface area contributed by atoms with Crippen molar-refractivity contribution in [3.8, 4) is 5.75 Å². The van der Waals surface area contributed by atoms with Crippen LogP contribution in [-0.2, 0) is 10.1 Å². The second-order valence-corrected chi connectivity index (χ2v) is 5.26. The smallest absolute Gasteiger partial charge is 0.123 e. The normalized spacial score (nSPS) is 11.6. The molecule has 4 heteroatoms. The van der Waals surface area contributed by atoms with Gasteiger partial charge in [0.25, 0.3) is 0 Å². The molecule has 0 aliphatic rings. The Morgan fingerprint density at radius 3 is 2.53 bits per heavy atom. The van der Waals surface area contributed by atoms with Crippen molar-refractivity contribution in [3.05, 3.63) is 29.6 Å². The van der Waals surface area contributed by atoms with Crippen LogP contribution in [0.15, 0.2) is 18.2 Å². The fraction of sp³-hybridized carbons (Fsp3) is 0.538. The van der Waals surface area contributed by atoms with Crippen molar-refractivity contribution in [1.29, 1.82) is 0 Å². The summed E-state index contributed by atoms with van der Waals surface area (Å²) in [7, 11) is 0. The molecule has 0 aliphatic carbocycles. The highest BCUT2D eigenvalue weighted by Crippen LogP contribution is 2.22. The predicted octanol–water partition coefficient (Wildman–Crippen LogP) is 3.91. The molecule has 0 saturated heterocycles. The van der Waals surface area contributed by atoms with Crippen molar-refractivity contribution in [2.24, 2.45) is 0 Å². The van der Waals surface area contributed by atoms with Crippen LogP contribution in [0.5, 0.6) is 5.75 Å². The van der Waals surface area contributed by atoms with Gasteiger partial charge in [-0.2, -0.15) is 0 Å². The van der Waals surface area contributed by atoms with Gasteiger partial charge in [0.15, 0.2) is 0 Å². The van der Waals surface area contributed by atoms with E-state index in [-0.39, 0.29) is 11.4 Å². The maximum Gasteiger partial charge on any atom is 0.123 e. The lowest BCUT2D eigenvalue weighted by atomic mass is 10.2. The number of rotatable bonds is 5. The summed E-state index contributed by atoms with van der Waals surface area (Å²) in [5.74, 6) is 0.443. The van der Waals surface area contributed by atoms with E-state index in [1.54, 1.807) is 6.07 Å². The number of hydrogen-bond acceptors (Lipinski definition) is 2. The van der Waals surface area contributed by atoms with E-state index in [9.17, 15) is 4.39 Å². The van der Waals surface area contributed by atoms with Crippen molar-refractivity contribution >= 4 is 15.9 Å². The van der Waals surface area contributed by atoms with E-state index in [1.807, 2.05) is 20.8 Å². The van der Waals surface area contributed by atoms with Crippen molar-refractivity contribution in [2.75, 3.05) is 13.2 Å². The first-order valence-electron chi connectivity index (χ1n) is 5.53. The Bertz CT molecular complexity index is 361. The Morgan fingerprint density at radius 2 is 1.94 bits per heavy atom. The molecule has 1 aromatic rings. The van der Waals surface area contributed by atoms with Crippen LogP contribution in [-0.4, -0.2) is 18.8 Å². The molecule has 0 spiro atoms. The molecular formula is C13H18BrFO2. The highest BCUT2D eigenvalue weighted by atomic mass is 79.9. The average molecular weight is 305 g/mol. The third-order valence-electron chi connectivity index (χ3n) is 2.04. The third-order valence-corrected chi connectivity index (χ3v) is 2.65. The first-order valence-corrected chi connectivity index (χ1v) is 6.65. The molecule has 0 saturated carbocycles. The first kappa shape index (κ1) is 14.5. The van der Waals surface area contributed by atoms with Gasteiger partial charge in [-0.15, -0.1) is 0 Å². The van der Waals surface area contributed by atoms with Gasteiger partial charge in [0.2, 0.25) is 0 Å². The molecule has 0 fully saturated rings. The highest BCUT2D eigenvalue weighted by molar-refractivity contribution is 9.08. The summed E-state index contributed by atoms with van der Waals surface area (Å²) in [6.45, 7) is 6.96. The van der Waals surface area contributed by atoms with Crippen molar-refractivity contribution < 1.29 is 13.9 Å². The Morgan fingerprint density at radius 1 is 1.24 bits per heavy atom. The van der Waals surface area contributed by atoms with E-state index in [4.69, 9.17) is 9.47 Å². The number of hydrogen-bond donors (Lipinski definition) is 0. The molecule has 0 heterocycles. The van der Waals surface area contributed by atoms with Gasteiger partial charge in [0.1, 0.15) is 18.2 Å². The highest BCUT2D eigenvalue weighted by Gasteiger charge is 2.10. The van der Waals surface area contributed by atoms with Gasteiger partial charge in [-0.25, -0.2) is 4.39 Å². The maximum absolute atomic E-state index is 13.0. The van der Waals surface area contributed by atoms with Gasteiger partial charge in [-0.3, -0.25) is 0 Å². The Labute approximate surface area is 110 Å². The minimum absolute atomic E-state index is 0.162. The lowest BCUT2D eigenvalue weighted by molar-refractivity contribution is -0.0163. The van der Waals surface area contributed by atoms with Gasteiger partial charge in [-0.05, 0) is 39.0 Å². The summed E-state index contributed by atoms with van der Waals surface area (Å²) in [5.41, 5.74) is 0.644. The lowest BCUT2D eigenvalue weighted by Crippen LogP contribution is -2.22. The molecule has 0 atom stereocenters. The second kappa shape index (κ2) is 6.36. The summed E-state index contributed by atoms with van der Waals surface area (Å²) >= 11 is 3.31. The van der Waals surface area contributed by atoms with Crippen molar-refractivity contribution in [1.82, 2.24) is 0 Å². The maximum atomic E-state index is 13.0. The van der Waals surface area contributed by atoms with Gasteiger partial charge < -0.3 is 9.47 Å². The van der Waals surface area contributed by atoms with E-state index >= 15 is 0 Å². The molecule has 0 aromatic heterocycles. The predicted molar refractivity (Wildman–Crippen MR) is 70.2 cm³/mol. The minimum atomic E-state index is -0.252. The molecule has 1 rings (SSSR count). The average Bonchev–Trinajstić information content (AvgIpc) is 2.24. The monoisotopic (exact) mass is 304 g/mol. The first-order chi connectivity index (χ1) is 7.92. The summed E-state index contributed by atoms with van der Waals surface area (Å²) in [6, 6.07) is 4.50. The molecule has 0 amide bonds. The third kappa shape index (κ3) is 5.50. The van der Waals surface area contributed by atoms with Gasteiger partial charge in [-0.1, -0.05) is 15.9 Å². The van der Waals surface area contributed by atoms with Gasteiger partial charge >= 0.3 is 0 Å². The van der Waals surface area contributed by atoms with Crippen LogP contribution in [0.3, 0.4) is 0 Å². The molecular weight excluding hydrogens is 287 g/mol. The molecule has 0 unspecified atom stereocenters. The quantitative estimate of drug-likeness (QED) is 0.606. The SMILES string of the molecule is CC(C)(C)OCCOc1ccc(F)cc1CBr. The van der Waals surface area contributed by atoms with Crippen LogP contribution in [0.4, 0.5) is 4.39 Å². The summed E-state index contributed by atoms with van der Waals surface area (Å²) in [4.78, 5) is 0. The lowest BCUT2D eigenvalue weighted by Gasteiger charge is -2.19. The zero-order valence-electron chi connectivity index (χ0n) is 10.4. The summed E-state index contributed by atoms with van der Waals surface area (Å²) < 4.78 is 24.1. The van der Waals surface area contributed by atoms with Crippen LogP contribution in [0, 0.1) is 5.82 Å². The zero-order chi connectivity index (χ0) is 12.9. The van der Waals surface area contributed by atoms with Crippen LogP contribution in [0.2, 0.25) is 0 Å². The van der Waals surface area contributed by atoms with Gasteiger partial charge in [0, 0.05) is 10.9 Å². The molecule has 0 bridgehead atoms. The molecule has 0 radical (unpaired) electrons. The van der Waals surface area contributed by atoms with E-state index < -0.39 is 0 Å². The fourth-order valence-corrected chi connectivity index (χ4v) is 1.73. The topological polar surface area (TPSA) is 18.5 Å². The standard InChI is InChI=1S/C13H18BrFO2/c1-13(2,3)17-7-6-16-12-5-4-11(15)8-10(12)9-14/h4-5,8H,6-7,9H2,1-3H3. The fourth-order valence-electron chi connectivity index (χ4n) is 1.29. The molecule has 0 N–H and O–H groups in total. The largest absolute Gasteiger partial charge is 0.491 e. The summed E-state index contributed by atoms with van der Waals surface area (Å²) in [5, 5.41) is 0.570. The van der Waals surface area contributed by atoms with E-state index in [0.29, 0.717) is 24.3 Å². The van der Waals surface area contributed by atoms with E-state index in [0.717, 1.165) is 5.56 Å². The Kier molecular flexibility index (Phi) is 5.40. The Hall–Kier alpha value is -0.610. The van der Waals surface area contributed by atoms with Crippen molar-refractivity contribution in [3.63, 3.8) is 0 Å².